The molecule has 144 valence electrons. The molecule has 2 rings (SSSR count). The topological polar surface area (TPSA) is 34.1 Å². The molecule has 0 aliphatic carbocycles. The van der Waals surface area contributed by atoms with Gasteiger partial charge in [-0.15, -0.1) is 23.4 Å². The molecule has 0 amide bonds. The smallest absolute Gasteiger partial charge is 0.193 e. The Kier molecular flexibility index (Phi) is 7.23. The first kappa shape index (κ1) is 22.5. The molecule has 0 bridgehead atoms. The third-order valence-electron chi connectivity index (χ3n) is 4.26. The zero-order valence-corrected chi connectivity index (χ0v) is 19.5. The highest BCUT2D eigenvalue weighted by molar-refractivity contribution is 9.09. The number of carbonyl (C=O) groups is 2. The first-order valence-electron chi connectivity index (χ1n) is 8.34. The lowest BCUT2D eigenvalue weighted by Crippen LogP contribution is -2.24. The van der Waals surface area contributed by atoms with Gasteiger partial charge in [0.15, 0.2) is 11.6 Å². The maximum absolute atomic E-state index is 12.4. The van der Waals surface area contributed by atoms with Crippen LogP contribution in [0.15, 0.2) is 48.5 Å². The van der Waals surface area contributed by atoms with Gasteiger partial charge >= 0.3 is 0 Å². The normalized spacial score (nSPS) is 15.1. The Morgan fingerprint density at radius 3 is 1.56 bits per heavy atom. The number of thioether (sulfide) groups is 1. The van der Waals surface area contributed by atoms with Crippen LogP contribution in [0.5, 0.6) is 0 Å². The fraction of sp³-hybridized carbons (Fsp3) is 0.333. The van der Waals surface area contributed by atoms with E-state index in [9.17, 15) is 9.59 Å². The van der Waals surface area contributed by atoms with Gasteiger partial charge in [-0.3, -0.25) is 9.59 Å². The highest BCUT2D eigenvalue weighted by Crippen LogP contribution is 2.34. The average Bonchev–Trinajstić information content (AvgIpc) is 2.65. The third-order valence-corrected chi connectivity index (χ3v) is 7.08. The third kappa shape index (κ3) is 5.38. The SMILES string of the molecule is CSC(C)(Cl)C(=O)c1ccc(C(Br)c2ccc(C(=O)C(C)(C)Cl)cc2)cc1. The maximum atomic E-state index is 12.4. The molecule has 0 aromatic heterocycles. The van der Waals surface area contributed by atoms with Crippen molar-refractivity contribution in [3.8, 4) is 0 Å². The molecule has 0 saturated carbocycles. The molecule has 0 saturated heterocycles. The van der Waals surface area contributed by atoms with Crippen LogP contribution >= 0.6 is 50.9 Å². The lowest BCUT2D eigenvalue weighted by Gasteiger charge is -2.18. The second kappa shape index (κ2) is 8.69. The molecule has 2 aromatic rings. The van der Waals surface area contributed by atoms with Gasteiger partial charge in [-0.1, -0.05) is 76.1 Å². The van der Waals surface area contributed by atoms with Crippen molar-refractivity contribution in [3.05, 3.63) is 70.8 Å². The molecule has 0 aliphatic heterocycles. The molecule has 0 radical (unpaired) electrons. The van der Waals surface area contributed by atoms with Crippen molar-refractivity contribution < 1.29 is 9.59 Å². The monoisotopic (exact) mass is 486 g/mol. The molecule has 0 aliphatic rings. The summed E-state index contributed by atoms with van der Waals surface area (Å²) in [6, 6.07) is 14.8. The zero-order chi connectivity index (χ0) is 20.4. The number of ketones is 2. The van der Waals surface area contributed by atoms with Crippen molar-refractivity contribution in [2.24, 2.45) is 0 Å². The molecule has 0 spiro atoms. The predicted octanol–water partition coefficient (Wildman–Crippen LogP) is 6.87. The Morgan fingerprint density at radius 1 is 0.852 bits per heavy atom. The summed E-state index contributed by atoms with van der Waals surface area (Å²) in [7, 11) is 0. The number of carbonyl (C=O) groups excluding carboxylic acids is 2. The second-order valence-electron chi connectivity index (χ2n) is 6.86. The molecular formula is C21H21BrCl2O2S. The summed E-state index contributed by atoms with van der Waals surface area (Å²) in [4.78, 5) is 23.7. The van der Waals surface area contributed by atoms with Crippen LogP contribution in [0.1, 0.15) is 57.4 Å². The molecular weight excluding hydrogens is 467 g/mol. The van der Waals surface area contributed by atoms with E-state index in [1.54, 1.807) is 45.0 Å². The number of hydrogen-bond donors (Lipinski definition) is 0. The van der Waals surface area contributed by atoms with Gasteiger partial charge in [0.05, 0.1) is 4.83 Å². The summed E-state index contributed by atoms with van der Waals surface area (Å²) in [6.07, 6.45) is 1.81. The van der Waals surface area contributed by atoms with Crippen LogP contribution in [0.4, 0.5) is 0 Å². The summed E-state index contributed by atoms with van der Waals surface area (Å²) in [6.45, 7) is 5.07. The summed E-state index contributed by atoms with van der Waals surface area (Å²) >= 11 is 17.3. The van der Waals surface area contributed by atoms with E-state index in [4.69, 9.17) is 23.2 Å². The van der Waals surface area contributed by atoms with Crippen molar-refractivity contribution in [3.63, 3.8) is 0 Å². The number of rotatable bonds is 7. The Balaban J connectivity index is 2.20. The van der Waals surface area contributed by atoms with E-state index in [1.165, 1.54) is 11.8 Å². The number of halogens is 3. The first-order valence-corrected chi connectivity index (χ1v) is 11.2. The fourth-order valence-corrected chi connectivity index (χ4v) is 3.63. The van der Waals surface area contributed by atoms with Gasteiger partial charge in [-0.25, -0.2) is 0 Å². The molecule has 2 unspecified atom stereocenters. The quantitative estimate of drug-likeness (QED) is 0.315. The van der Waals surface area contributed by atoms with Crippen LogP contribution in [0.3, 0.4) is 0 Å². The Morgan fingerprint density at radius 2 is 1.22 bits per heavy atom. The van der Waals surface area contributed by atoms with Crippen molar-refractivity contribution in [1.82, 2.24) is 0 Å². The average molecular weight is 488 g/mol. The van der Waals surface area contributed by atoms with E-state index in [0.717, 1.165) is 11.1 Å². The number of hydrogen-bond acceptors (Lipinski definition) is 3. The molecule has 2 nitrogen and oxygen atoms in total. The van der Waals surface area contributed by atoms with E-state index in [0.29, 0.717) is 11.1 Å². The molecule has 6 heteroatoms. The predicted molar refractivity (Wildman–Crippen MR) is 120 cm³/mol. The van der Waals surface area contributed by atoms with E-state index in [2.05, 4.69) is 15.9 Å². The first-order chi connectivity index (χ1) is 12.5. The number of benzene rings is 2. The van der Waals surface area contributed by atoms with Crippen LogP contribution in [0.25, 0.3) is 0 Å². The maximum Gasteiger partial charge on any atom is 0.193 e. The lowest BCUT2D eigenvalue weighted by atomic mass is 9.97. The van der Waals surface area contributed by atoms with Gasteiger partial charge in [0.1, 0.15) is 9.08 Å². The Hall–Kier alpha value is -0.810. The van der Waals surface area contributed by atoms with Crippen LogP contribution < -0.4 is 0 Å². The molecule has 0 N–H and O–H groups in total. The Bertz CT molecular complexity index is 825. The highest BCUT2D eigenvalue weighted by atomic mass is 79.9. The largest absolute Gasteiger partial charge is 0.292 e. The van der Waals surface area contributed by atoms with E-state index >= 15 is 0 Å². The Labute approximate surface area is 183 Å². The highest BCUT2D eigenvalue weighted by Gasteiger charge is 2.30. The minimum atomic E-state index is -0.964. The van der Waals surface area contributed by atoms with Gasteiger partial charge in [-0.2, -0.15) is 0 Å². The summed E-state index contributed by atoms with van der Waals surface area (Å²) in [5.41, 5.74) is 3.17. The minimum absolute atomic E-state index is 0.0576. The summed E-state index contributed by atoms with van der Waals surface area (Å²) in [5, 5.41) is 0. The van der Waals surface area contributed by atoms with E-state index in [1.807, 2.05) is 30.5 Å². The minimum Gasteiger partial charge on any atom is -0.292 e. The van der Waals surface area contributed by atoms with Crippen molar-refractivity contribution in [2.45, 2.75) is 34.7 Å². The molecule has 0 fully saturated rings. The standard InChI is InChI=1S/C21H21BrCl2O2S/c1-20(2,23)18(25)15-9-5-13(6-10-15)17(22)14-7-11-16(12-8-14)19(26)21(3,24)27-4/h5-12,17H,1-4H3. The van der Waals surface area contributed by atoms with Gasteiger partial charge < -0.3 is 0 Å². The van der Waals surface area contributed by atoms with Crippen LogP contribution in [-0.2, 0) is 0 Å². The summed E-state index contributed by atoms with van der Waals surface area (Å²) in [5.74, 6) is -0.219. The molecule has 0 heterocycles. The van der Waals surface area contributed by atoms with Gasteiger partial charge in [0.2, 0.25) is 0 Å². The number of alkyl halides is 3. The van der Waals surface area contributed by atoms with Crippen LogP contribution in [-0.4, -0.2) is 26.9 Å². The number of Topliss-reactive ketones (excluding diaryl/α,β-unsaturated/α-hetero) is 2. The van der Waals surface area contributed by atoms with Gasteiger partial charge in [0, 0.05) is 11.1 Å². The van der Waals surface area contributed by atoms with Crippen molar-refractivity contribution in [1.29, 1.82) is 0 Å². The van der Waals surface area contributed by atoms with Gasteiger partial charge in [0.25, 0.3) is 0 Å². The lowest BCUT2D eigenvalue weighted by molar-refractivity contribution is 0.0952. The summed E-state index contributed by atoms with van der Waals surface area (Å²) < 4.78 is -0.964. The molecule has 27 heavy (non-hydrogen) atoms. The van der Waals surface area contributed by atoms with Crippen molar-refractivity contribution in [2.75, 3.05) is 6.26 Å². The molecule has 2 aromatic carbocycles. The molecule has 2 atom stereocenters. The van der Waals surface area contributed by atoms with Crippen LogP contribution in [0, 0.1) is 0 Å². The van der Waals surface area contributed by atoms with Crippen LogP contribution in [0.2, 0.25) is 0 Å². The van der Waals surface area contributed by atoms with E-state index < -0.39 is 9.08 Å². The zero-order valence-electron chi connectivity index (χ0n) is 15.6. The fourth-order valence-electron chi connectivity index (χ4n) is 2.49. The van der Waals surface area contributed by atoms with Gasteiger partial charge in [-0.05, 0) is 38.2 Å². The van der Waals surface area contributed by atoms with E-state index in [-0.39, 0.29) is 16.4 Å². The second-order valence-corrected chi connectivity index (χ2v) is 10.9. The van der Waals surface area contributed by atoms with Crippen molar-refractivity contribution >= 4 is 62.5 Å².